The van der Waals surface area contributed by atoms with Crippen LogP contribution in [0.15, 0.2) is 52.8 Å². The molecule has 0 amide bonds. The van der Waals surface area contributed by atoms with Gasteiger partial charge in [-0.1, -0.05) is 19.1 Å². The molecule has 3 rings (SSSR count). The molecule has 3 aromatic rings. The van der Waals surface area contributed by atoms with Gasteiger partial charge >= 0.3 is 0 Å². The number of hydrogen-bond acceptors (Lipinski definition) is 4. The molecular formula is C19H22N2O2S. The summed E-state index contributed by atoms with van der Waals surface area (Å²) >= 11 is 1.70. The second-order valence-electron chi connectivity index (χ2n) is 5.71. The maximum Gasteiger partial charge on any atom is 0.258 e. The first-order valence-corrected chi connectivity index (χ1v) is 9.07. The maximum atomic E-state index is 12.3. The Hall–Kier alpha value is -2.11. The number of hydrogen-bond donors (Lipinski definition) is 1. The highest BCUT2D eigenvalue weighted by Gasteiger charge is 2.16. The Balaban J connectivity index is 1.93. The standard InChI is InChI=1S/C19H22N2O2S/c1-3-20-11-9-17(18-8-5-13-24-18)23-16-7-4-6-15-14(16)10-12-21(2)19(15)22/h4-8,10,12-13,17,20H,3,9,11H2,1-2H3/t17-/m1/s1. The number of pyridine rings is 1. The molecule has 4 nitrogen and oxygen atoms in total. The highest BCUT2D eigenvalue weighted by molar-refractivity contribution is 7.10. The van der Waals surface area contributed by atoms with E-state index in [1.165, 1.54) is 4.88 Å². The van der Waals surface area contributed by atoms with Crippen molar-refractivity contribution in [2.75, 3.05) is 13.1 Å². The number of aryl methyl sites for hydroxylation is 1. The molecule has 1 atom stereocenters. The molecule has 1 aromatic carbocycles. The quantitative estimate of drug-likeness (QED) is 0.666. The zero-order chi connectivity index (χ0) is 16.9. The predicted octanol–water partition coefficient (Wildman–Crippen LogP) is 3.72. The first-order chi connectivity index (χ1) is 11.7. The van der Waals surface area contributed by atoms with Crippen molar-refractivity contribution in [3.8, 4) is 5.75 Å². The fraction of sp³-hybridized carbons (Fsp3) is 0.316. The third kappa shape index (κ3) is 3.52. The average molecular weight is 342 g/mol. The highest BCUT2D eigenvalue weighted by atomic mass is 32.1. The van der Waals surface area contributed by atoms with Crippen molar-refractivity contribution in [1.82, 2.24) is 9.88 Å². The number of thiophene rings is 1. The monoisotopic (exact) mass is 342 g/mol. The smallest absolute Gasteiger partial charge is 0.258 e. The van der Waals surface area contributed by atoms with Crippen LogP contribution in [-0.2, 0) is 7.05 Å². The lowest BCUT2D eigenvalue weighted by Crippen LogP contribution is -2.19. The Labute approximate surface area is 145 Å². The second-order valence-corrected chi connectivity index (χ2v) is 6.69. The summed E-state index contributed by atoms with van der Waals surface area (Å²) in [5, 5.41) is 6.97. The largest absolute Gasteiger partial charge is 0.484 e. The Morgan fingerprint density at radius 2 is 2.08 bits per heavy atom. The van der Waals surface area contributed by atoms with Crippen LogP contribution in [0.2, 0.25) is 0 Å². The van der Waals surface area contributed by atoms with Crippen LogP contribution in [0, 0.1) is 0 Å². The van der Waals surface area contributed by atoms with E-state index in [1.54, 1.807) is 29.1 Å². The molecule has 2 aromatic heterocycles. The van der Waals surface area contributed by atoms with Crippen molar-refractivity contribution < 1.29 is 4.74 Å². The van der Waals surface area contributed by atoms with Gasteiger partial charge in [-0.15, -0.1) is 11.3 Å². The van der Waals surface area contributed by atoms with E-state index >= 15 is 0 Å². The molecule has 0 unspecified atom stereocenters. The molecule has 0 aliphatic heterocycles. The van der Waals surface area contributed by atoms with Crippen molar-refractivity contribution >= 4 is 22.1 Å². The van der Waals surface area contributed by atoms with E-state index in [0.29, 0.717) is 5.39 Å². The van der Waals surface area contributed by atoms with Crippen molar-refractivity contribution in [2.45, 2.75) is 19.4 Å². The fourth-order valence-corrected chi connectivity index (χ4v) is 3.54. The van der Waals surface area contributed by atoms with E-state index in [9.17, 15) is 4.79 Å². The van der Waals surface area contributed by atoms with Gasteiger partial charge in [-0.2, -0.15) is 0 Å². The predicted molar refractivity (Wildman–Crippen MR) is 100 cm³/mol. The van der Waals surface area contributed by atoms with E-state index < -0.39 is 0 Å². The van der Waals surface area contributed by atoms with E-state index in [1.807, 2.05) is 30.3 Å². The summed E-state index contributed by atoms with van der Waals surface area (Å²) in [4.78, 5) is 13.5. The SMILES string of the molecule is CCNCC[C@@H](Oc1cccc2c(=O)n(C)ccc12)c1cccs1. The average Bonchev–Trinajstić information content (AvgIpc) is 3.12. The molecule has 0 bridgehead atoms. The van der Waals surface area contributed by atoms with Gasteiger partial charge in [0.1, 0.15) is 11.9 Å². The van der Waals surface area contributed by atoms with Gasteiger partial charge in [-0.25, -0.2) is 0 Å². The molecule has 24 heavy (non-hydrogen) atoms. The molecule has 2 heterocycles. The van der Waals surface area contributed by atoms with Crippen LogP contribution in [0.1, 0.15) is 24.3 Å². The van der Waals surface area contributed by atoms with Crippen molar-refractivity contribution in [3.05, 3.63) is 63.2 Å². The summed E-state index contributed by atoms with van der Waals surface area (Å²) in [6, 6.07) is 11.8. The molecule has 5 heteroatoms. The molecule has 126 valence electrons. The Bertz CT molecular complexity index is 855. The van der Waals surface area contributed by atoms with E-state index in [4.69, 9.17) is 4.74 Å². The minimum Gasteiger partial charge on any atom is -0.484 e. The van der Waals surface area contributed by atoms with Crippen LogP contribution in [0.5, 0.6) is 5.75 Å². The number of nitrogens with zero attached hydrogens (tertiary/aromatic N) is 1. The van der Waals surface area contributed by atoms with E-state index in [2.05, 4.69) is 23.7 Å². The van der Waals surface area contributed by atoms with Gasteiger partial charge in [-0.3, -0.25) is 4.79 Å². The van der Waals surface area contributed by atoms with Crippen LogP contribution in [0.4, 0.5) is 0 Å². The number of fused-ring (bicyclic) bond motifs is 1. The molecule has 1 N–H and O–H groups in total. The highest BCUT2D eigenvalue weighted by Crippen LogP contribution is 2.31. The first kappa shape index (κ1) is 16.7. The summed E-state index contributed by atoms with van der Waals surface area (Å²) in [6.45, 7) is 3.94. The fourth-order valence-electron chi connectivity index (χ4n) is 2.75. The number of aromatic nitrogens is 1. The topological polar surface area (TPSA) is 43.3 Å². The molecular weight excluding hydrogens is 320 g/mol. The molecule has 0 radical (unpaired) electrons. The summed E-state index contributed by atoms with van der Waals surface area (Å²) in [7, 11) is 1.76. The van der Waals surface area contributed by atoms with Gasteiger partial charge in [0.2, 0.25) is 0 Å². The second kappa shape index (κ2) is 7.64. The molecule has 0 saturated heterocycles. The minimum absolute atomic E-state index is 0.00160. The third-order valence-corrected chi connectivity index (χ3v) is 5.01. The number of nitrogens with one attached hydrogen (secondary N) is 1. The zero-order valence-corrected chi connectivity index (χ0v) is 14.8. The summed E-state index contributed by atoms with van der Waals surface area (Å²) < 4.78 is 7.93. The van der Waals surface area contributed by atoms with Crippen molar-refractivity contribution in [3.63, 3.8) is 0 Å². The molecule has 0 saturated carbocycles. The summed E-state index contributed by atoms with van der Waals surface area (Å²) in [6.07, 6.45) is 2.66. The summed E-state index contributed by atoms with van der Waals surface area (Å²) in [5.41, 5.74) is -0.00160. The minimum atomic E-state index is -0.0151. The van der Waals surface area contributed by atoms with Gasteiger partial charge in [0.15, 0.2) is 0 Å². The number of ether oxygens (including phenoxy) is 1. The lowest BCUT2D eigenvalue weighted by Gasteiger charge is -2.19. The first-order valence-electron chi connectivity index (χ1n) is 8.20. The van der Waals surface area contributed by atoms with E-state index in [0.717, 1.165) is 30.6 Å². The molecule has 0 spiro atoms. The van der Waals surface area contributed by atoms with Crippen molar-refractivity contribution in [2.24, 2.45) is 7.05 Å². The molecule has 0 fully saturated rings. The van der Waals surface area contributed by atoms with E-state index in [-0.39, 0.29) is 11.7 Å². The normalized spacial score (nSPS) is 12.4. The van der Waals surface area contributed by atoms with Crippen LogP contribution < -0.4 is 15.6 Å². The summed E-state index contributed by atoms with van der Waals surface area (Å²) in [5.74, 6) is 0.764. The zero-order valence-electron chi connectivity index (χ0n) is 14.0. The van der Waals surface area contributed by atoms with Crippen molar-refractivity contribution in [1.29, 1.82) is 0 Å². The van der Waals surface area contributed by atoms with Crippen LogP contribution >= 0.6 is 11.3 Å². The van der Waals surface area contributed by atoms with Gasteiger partial charge in [0.05, 0.1) is 5.39 Å². The van der Waals surface area contributed by atoms with Crippen LogP contribution in [-0.4, -0.2) is 17.7 Å². The van der Waals surface area contributed by atoms with Gasteiger partial charge in [-0.05, 0) is 42.7 Å². The molecule has 0 aliphatic carbocycles. The van der Waals surface area contributed by atoms with Crippen LogP contribution in [0.25, 0.3) is 10.8 Å². The lowest BCUT2D eigenvalue weighted by molar-refractivity contribution is 0.200. The number of rotatable bonds is 7. The maximum absolute atomic E-state index is 12.3. The van der Waals surface area contributed by atoms with Gasteiger partial charge in [0, 0.05) is 29.9 Å². The number of benzene rings is 1. The Kier molecular flexibility index (Phi) is 5.33. The Morgan fingerprint density at radius 3 is 2.83 bits per heavy atom. The van der Waals surface area contributed by atoms with Gasteiger partial charge in [0.25, 0.3) is 5.56 Å². The lowest BCUT2D eigenvalue weighted by atomic mass is 10.1. The molecule has 0 aliphatic rings. The van der Waals surface area contributed by atoms with Crippen LogP contribution in [0.3, 0.4) is 0 Å². The third-order valence-electron chi connectivity index (χ3n) is 4.04. The van der Waals surface area contributed by atoms with Gasteiger partial charge < -0.3 is 14.6 Å². The Morgan fingerprint density at radius 1 is 1.21 bits per heavy atom.